The molecule has 1 saturated heterocycles. The molecule has 1 aromatic carbocycles. The fourth-order valence-electron chi connectivity index (χ4n) is 4.13. The molecule has 2 aromatic heterocycles. The quantitative estimate of drug-likeness (QED) is 0.429. The zero-order chi connectivity index (χ0) is 21.8. The highest BCUT2D eigenvalue weighted by atomic mass is 32.2. The Balaban J connectivity index is 1.34. The molecule has 0 spiro atoms. The number of nitrogens with zero attached hydrogens (tertiary/aromatic N) is 3. The van der Waals surface area contributed by atoms with E-state index in [1.54, 1.807) is 6.92 Å². The molecule has 162 valence electrons. The summed E-state index contributed by atoms with van der Waals surface area (Å²) in [6.07, 6.45) is 5.90. The number of hydrogen-bond donors (Lipinski definition) is 0. The van der Waals surface area contributed by atoms with Crippen molar-refractivity contribution in [2.45, 2.75) is 37.4 Å². The van der Waals surface area contributed by atoms with E-state index in [0.717, 1.165) is 19.3 Å². The van der Waals surface area contributed by atoms with E-state index in [4.69, 9.17) is 4.74 Å². The Morgan fingerprint density at radius 2 is 1.84 bits per heavy atom. The Bertz CT molecular complexity index is 1060. The van der Waals surface area contributed by atoms with Crippen molar-refractivity contribution < 1.29 is 14.3 Å². The monoisotopic (exact) mass is 437 g/mol. The first-order chi connectivity index (χ1) is 15.1. The van der Waals surface area contributed by atoms with E-state index in [2.05, 4.69) is 29.2 Å². The van der Waals surface area contributed by atoms with Gasteiger partial charge in [-0.05, 0) is 56.1 Å². The number of imidazole rings is 1. The summed E-state index contributed by atoms with van der Waals surface area (Å²) in [7, 11) is 0. The molecule has 1 fully saturated rings. The van der Waals surface area contributed by atoms with Gasteiger partial charge < -0.3 is 9.64 Å². The second-order valence-electron chi connectivity index (χ2n) is 7.91. The van der Waals surface area contributed by atoms with Crippen LogP contribution in [0.4, 0.5) is 0 Å². The van der Waals surface area contributed by atoms with Gasteiger partial charge in [-0.3, -0.25) is 9.20 Å². The van der Waals surface area contributed by atoms with Crippen LogP contribution in [0.15, 0.2) is 59.9 Å². The lowest BCUT2D eigenvalue weighted by Gasteiger charge is -2.33. The topological polar surface area (TPSA) is 63.9 Å². The molecular formula is C24H27N3O3S. The van der Waals surface area contributed by atoms with Gasteiger partial charge in [0.05, 0.1) is 5.52 Å². The maximum absolute atomic E-state index is 12.9. The van der Waals surface area contributed by atoms with Gasteiger partial charge in [-0.15, -0.1) is 0 Å². The lowest BCUT2D eigenvalue weighted by Crippen LogP contribution is -2.44. The maximum atomic E-state index is 12.9. The van der Waals surface area contributed by atoms with Crippen LogP contribution < -0.4 is 0 Å². The van der Waals surface area contributed by atoms with E-state index in [-0.39, 0.29) is 11.6 Å². The Kier molecular flexibility index (Phi) is 6.61. The van der Waals surface area contributed by atoms with Crippen LogP contribution in [-0.2, 0) is 16.0 Å². The fourth-order valence-corrected chi connectivity index (χ4v) is 4.67. The molecule has 7 heteroatoms. The number of esters is 1. The highest BCUT2D eigenvalue weighted by Crippen LogP contribution is 2.24. The smallest absolute Gasteiger partial charge is 0.360 e. The number of pyridine rings is 1. The molecular weight excluding hydrogens is 410 g/mol. The minimum Gasteiger partial charge on any atom is -0.448 e. The van der Waals surface area contributed by atoms with E-state index in [1.165, 1.54) is 17.3 Å². The Morgan fingerprint density at radius 3 is 2.55 bits per heavy atom. The number of carbonyl (C=O) groups is 2. The van der Waals surface area contributed by atoms with Gasteiger partial charge in [0.1, 0.15) is 0 Å². The predicted octanol–water partition coefficient (Wildman–Crippen LogP) is 4.08. The third kappa shape index (κ3) is 4.77. The van der Waals surface area contributed by atoms with Crippen molar-refractivity contribution >= 4 is 29.2 Å². The number of thioether (sulfide) groups is 1. The van der Waals surface area contributed by atoms with E-state index >= 15 is 0 Å². The lowest BCUT2D eigenvalue weighted by atomic mass is 9.90. The number of piperidine rings is 1. The van der Waals surface area contributed by atoms with Crippen LogP contribution in [0, 0.1) is 5.92 Å². The summed E-state index contributed by atoms with van der Waals surface area (Å²) in [5.74, 6) is -0.130. The number of ether oxygens (including phenoxy) is 1. The number of fused-ring (bicyclic) bond motifs is 1. The normalized spacial score (nSPS) is 15.7. The molecule has 31 heavy (non-hydrogen) atoms. The lowest BCUT2D eigenvalue weighted by molar-refractivity contribution is -0.141. The van der Waals surface area contributed by atoms with Crippen LogP contribution in [0.25, 0.3) is 5.52 Å². The summed E-state index contributed by atoms with van der Waals surface area (Å²) in [5.41, 5.74) is 2.26. The number of aromatic nitrogens is 2. The molecule has 1 aliphatic rings. The van der Waals surface area contributed by atoms with Crippen LogP contribution in [0.3, 0.4) is 0 Å². The Morgan fingerprint density at radius 1 is 1.13 bits per heavy atom. The zero-order valence-corrected chi connectivity index (χ0v) is 18.7. The average molecular weight is 438 g/mol. The van der Waals surface area contributed by atoms with Crippen LogP contribution >= 0.6 is 11.8 Å². The van der Waals surface area contributed by atoms with E-state index in [0.29, 0.717) is 29.7 Å². The van der Waals surface area contributed by atoms with Gasteiger partial charge in [-0.1, -0.05) is 48.2 Å². The van der Waals surface area contributed by atoms with Crippen molar-refractivity contribution in [3.63, 3.8) is 0 Å². The fraction of sp³-hybridized carbons (Fsp3) is 0.375. The molecule has 3 aromatic rings. The summed E-state index contributed by atoms with van der Waals surface area (Å²) in [5, 5.41) is 0.710. The predicted molar refractivity (Wildman–Crippen MR) is 121 cm³/mol. The van der Waals surface area contributed by atoms with Gasteiger partial charge in [0, 0.05) is 19.3 Å². The van der Waals surface area contributed by atoms with Crippen LogP contribution in [-0.4, -0.2) is 51.6 Å². The molecule has 1 unspecified atom stereocenters. The summed E-state index contributed by atoms with van der Waals surface area (Å²) >= 11 is 1.45. The average Bonchev–Trinajstić information content (AvgIpc) is 3.19. The van der Waals surface area contributed by atoms with Gasteiger partial charge in [-0.25, -0.2) is 9.78 Å². The Hall–Kier alpha value is -2.80. The number of hydrogen-bond acceptors (Lipinski definition) is 5. The molecule has 3 heterocycles. The molecule has 0 aliphatic carbocycles. The van der Waals surface area contributed by atoms with Gasteiger partial charge in [-0.2, -0.15) is 0 Å². The summed E-state index contributed by atoms with van der Waals surface area (Å²) < 4.78 is 7.38. The van der Waals surface area contributed by atoms with Crippen molar-refractivity contribution in [1.29, 1.82) is 0 Å². The van der Waals surface area contributed by atoms with Crippen molar-refractivity contribution in [3.05, 3.63) is 66.0 Å². The van der Waals surface area contributed by atoms with Gasteiger partial charge in [0.25, 0.3) is 5.91 Å². The minimum absolute atomic E-state index is 0.139. The molecule has 4 rings (SSSR count). The van der Waals surface area contributed by atoms with E-state index in [1.807, 2.05) is 46.0 Å². The van der Waals surface area contributed by atoms with Crippen molar-refractivity contribution in [1.82, 2.24) is 14.3 Å². The van der Waals surface area contributed by atoms with Crippen molar-refractivity contribution in [2.75, 3.05) is 19.3 Å². The van der Waals surface area contributed by atoms with E-state index < -0.39 is 12.1 Å². The van der Waals surface area contributed by atoms with Crippen LogP contribution in [0.5, 0.6) is 0 Å². The zero-order valence-electron chi connectivity index (χ0n) is 17.9. The highest BCUT2D eigenvalue weighted by Gasteiger charge is 2.29. The SMILES string of the molecule is CSc1nc(C(=O)OC(C)C(=O)N2CCC(Cc3ccccc3)CC2)c2ccccn12. The Labute approximate surface area is 186 Å². The maximum Gasteiger partial charge on any atom is 0.360 e. The molecule has 1 amide bonds. The molecule has 0 bridgehead atoms. The number of rotatable bonds is 6. The molecule has 0 N–H and O–H groups in total. The second-order valence-corrected chi connectivity index (χ2v) is 8.68. The largest absolute Gasteiger partial charge is 0.448 e. The standard InChI is InChI=1S/C24H27N3O3S/c1-17(30-23(29)21-20-10-6-7-13-27(20)24(25-21)31-2)22(28)26-14-11-19(12-15-26)16-18-8-4-3-5-9-18/h3-10,13,17,19H,11-12,14-16H2,1-2H3. The van der Waals surface area contributed by atoms with Gasteiger partial charge in [0.15, 0.2) is 17.0 Å². The number of amides is 1. The summed E-state index contributed by atoms with van der Waals surface area (Å²) in [6, 6.07) is 16.0. The van der Waals surface area contributed by atoms with Crippen molar-refractivity contribution in [2.24, 2.45) is 5.92 Å². The number of benzene rings is 1. The first-order valence-corrected chi connectivity index (χ1v) is 11.8. The number of likely N-dealkylation sites (tertiary alicyclic amines) is 1. The van der Waals surface area contributed by atoms with Crippen LogP contribution in [0.1, 0.15) is 35.8 Å². The van der Waals surface area contributed by atoms with Gasteiger partial charge >= 0.3 is 5.97 Å². The molecule has 1 aliphatic heterocycles. The molecule has 0 saturated carbocycles. The summed E-state index contributed by atoms with van der Waals surface area (Å²) in [6.45, 7) is 3.04. The second kappa shape index (κ2) is 9.56. The third-order valence-corrected chi connectivity index (χ3v) is 6.47. The summed E-state index contributed by atoms with van der Waals surface area (Å²) in [4.78, 5) is 31.9. The highest BCUT2D eigenvalue weighted by molar-refractivity contribution is 7.98. The molecule has 0 radical (unpaired) electrons. The van der Waals surface area contributed by atoms with Crippen molar-refractivity contribution in [3.8, 4) is 0 Å². The van der Waals surface area contributed by atoms with Crippen LogP contribution in [0.2, 0.25) is 0 Å². The third-order valence-electron chi connectivity index (χ3n) is 5.82. The van der Waals surface area contributed by atoms with E-state index in [9.17, 15) is 9.59 Å². The number of carbonyl (C=O) groups excluding carboxylic acids is 2. The first kappa shape index (κ1) is 21.4. The minimum atomic E-state index is -0.837. The first-order valence-electron chi connectivity index (χ1n) is 10.6. The molecule has 1 atom stereocenters. The van der Waals surface area contributed by atoms with Gasteiger partial charge in [0.2, 0.25) is 0 Å². The molecule has 6 nitrogen and oxygen atoms in total.